The molecular formula is C21H23N3O5. The highest BCUT2D eigenvalue weighted by molar-refractivity contribution is 5.94. The smallest absolute Gasteiger partial charge is 0.414 e. The Morgan fingerprint density at radius 2 is 1.97 bits per heavy atom. The Kier molecular flexibility index (Phi) is 5.90. The number of nitrogens with one attached hydrogen (secondary N) is 1. The van der Waals surface area contributed by atoms with Crippen LogP contribution in [0.2, 0.25) is 0 Å². The van der Waals surface area contributed by atoms with Gasteiger partial charge in [0.2, 0.25) is 5.88 Å². The summed E-state index contributed by atoms with van der Waals surface area (Å²) < 4.78 is 16.5. The molecule has 1 atom stereocenters. The summed E-state index contributed by atoms with van der Waals surface area (Å²) in [6.45, 7) is 2.00. The number of carbonyl (C=O) groups excluding carboxylic acids is 2. The number of ether oxygens (including phenoxy) is 3. The fourth-order valence-electron chi connectivity index (χ4n) is 3.30. The summed E-state index contributed by atoms with van der Waals surface area (Å²) in [5.74, 6) is 0.223. The van der Waals surface area contributed by atoms with Gasteiger partial charge in [-0.05, 0) is 18.2 Å². The van der Waals surface area contributed by atoms with Crippen molar-refractivity contribution in [2.24, 2.45) is 0 Å². The Labute approximate surface area is 168 Å². The molecule has 3 heterocycles. The summed E-state index contributed by atoms with van der Waals surface area (Å²) >= 11 is 0. The van der Waals surface area contributed by atoms with E-state index in [-0.39, 0.29) is 18.6 Å². The molecule has 0 spiro atoms. The Balaban J connectivity index is 1.27. The molecule has 2 amide bonds. The number of amides is 2. The molecule has 0 bridgehead atoms. The van der Waals surface area contributed by atoms with E-state index in [9.17, 15) is 9.59 Å². The van der Waals surface area contributed by atoms with Crippen LogP contribution < -0.4 is 15.0 Å². The van der Waals surface area contributed by atoms with Crippen LogP contribution in [0.25, 0.3) is 0 Å². The molecule has 1 aromatic heterocycles. The molecule has 0 aliphatic carbocycles. The summed E-state index contributed by atoms with van der Waals surface area (Å²) in [6, 6.07) is 12.7. The van der Waals surface area contributed by atoms with Gasteiger partial charge in [0.25, 0.3) is 5.91 Å². The van der Waals surface area contributed by atoms with Crippen LogP contribution in [0.15, 0.2) is 48.7 Å². The standard InChI is InChI=1S/C21H23N3O5/c25-20(15-6-7-19(22-12-15)28-17-8-10-27-11-9-17)23-13-18-14-24(21(26)29-18)16-4-2-1-3-5-16/h1-7,12,17-18H,8-11,13-14H2,(H,23,25). The lowest BCUT2D eigenvalue weighted by molar-refractivity contribution is 0.0237. The highest BCUT2D eigenvalue weighted by atomic mass is 16.6. The lowest BCUT2D eigenvalue weighted by Crippen LogP contribution is -2.34. The number of rotatable bonds is 6. The van der Waals surface area contributed by atoms with Crippen molar-refractivity contribution in [1.82, 2.24) is 10.3 Å². The van der Waals surface area contributed by atoms with E-state index < -0.39 is 12.2 Å². The van der Waals surface area contributed by atoms with Gasteiger partial charge in [0, 0.05) is 30.8 Å². The Hall–Kier alpha value is -3.13. The third kappa shape index (κ3) is 4.83. The molecule has 0 saturated carbocycles. The van der Waals surface area contributed by atoms with Crippen molar-refractivity contribution in [3.8, 4) is 5.88 Å². The quantitative estimate of drug-likeness (QED) is 0.805. The average Bonchev–Trinajstić information content (AvgIpc) is 3.14. The summed E-state index contributed by atoms with van der Waals surface area (Å²) in [6.07, 6.45) is 2.44. The van der Waals surface area contributed by atoms with Gasteiger partial charge in [-0.2, -0.15) is 0 Å². The molecule has 2 fully saturated rings. The number of pyridine rings is 1. The van der Waals surface area contributed by atoms with Crippen LogP contribution >= 0.6 is 0 Å². The Morgan fingerprint density at radius 3 is 2.69 bits per heavy atom. The molecule has 2 aliphatic rings. The molecule has 8 nitrogen and oxygen atoms in total. The third-order valence-electron chi connectivity index (χ3n) is 4.89. The topological polar surface area (TPSA) is 90.0 Å². The molecule has 29 heavy (non-hydrogen) atoms. The summed E-state index contributed by atoms with van der Waals surface area (Å²) in [5.41, 5.74) is 1.20. The van der Waals surface area contributed by atoms with Gasteiger partial charge < -0.3 is 19.5 Å². The van der Waals surface area contributed by atoms with Crippen LogP contribution in [0.4, 0.5) is 10.5 Å². The number of cyclic esters (lactones) is 1. The minimum Gasteiger partial charge on any atom is -0.474 e. The van der Waals surface area contributed by atoms with Crippen molar-refractivity contribution in [1.29, 1.82) is 0 Å². The fourth-order valence-corrected chi connectivity index (χ4v) is 3.30. The predicted molar refractivity (Wildman–Crippen MR) is 105 cm³/mol. The number of aromatic nitrogens is 1. The first-order valence-electron chi connectivity index (χ1n) is 9.71. The van der Waals surface area contributed by atoms with Gasteiger partial charge in [-0.3, -0.25) is 9.69 Å². The van der Waals surface area contributed by atoms with Crippen LogP contribution in [-0.2, 0) is 9.47 Å². The molecule has 1 unspecified atom stereocenters. The first kappa shape index (κ1) is 19.2. The molecule has 4 rings (SSSR count). The maximum atomic E-state index is 12.4. The van der Waals surface area contributed by atoms with Gasteiger partial charge in [-0.15, -0.1) is 0 Å². The SMILES string of the molecule is O=C(NCC1CN(c2ccccc2)C(=O)O1)c1ccc(OC2CCOCC2)nc1. The minimum atomic E-state index is -0.410. The van der Waals surface area contributed by atoms with Crippen molar-refractivity contribution in [2.45, 2.75) is 25.0 Å². The second kappa shape index (κ2) is 8.91. The van der Waals surface area contributed by atoms with Crippen molar-refractivity contribution in [3.63, 3.8) is 0 Å². The van der Waals surface area contributed by atoms with E-state index in [1.54, 1.807) is 17.0 Å². The minimum absolute atomic E-state index is 0.0977. The summed E-state index contributed by atoms with van der Waals surface area (Å²) in [7, 11) is 0. The first-order chi connectivity index (χ1) is 14.2. The van der Waals surface area contributed by atoms with E-state index in [1.165, 1.54) is 6.20 Å². The summed E-state index contributed by atoms with van der Waals surface area (Å²) in [4.78, 5) is 30.2. The monoisotopic (exact) mass is 397 g/mol. The van der Waals surface area contributed by atoms with E-state index >= 15 is 0 Å². The zero-order valence-corrected chi connectivity index (χ0v) is 16.0. The first-order valence-corrected chi connectivity index (χ1v) is 9.71. The van der Waals surface area contributed by atoms with Crippen LogP contribution in [0.5, 0.6) is 5.88 Å². The van der Waals surface area contributed by atoms with Crippen LogP contribution in [0.1, 0.15) is 23.2 Å². The highest BCUT2D eigenvalue weighted by Gasteiger charge is 2.32. The zero-order valence-electron chi connectivity index (χ0n) is 16.0. The Morgan fingerprint density at radius 1 is 1.17 bits per heavy atom. The number of para-hydroxylation sites is 1. The highest BCUT2D eigenvalue weighted by Crippen LogP contribution is 2.21. The molecule has 8 heteroatoms. The maximum absolute atomic E-state index is 12.4. The predicted octanol–water partition coefficient (Wildman–Crippen LogP) is 2.39. The van der Waals surface area contributed by atoms with Gasteiger partial charge >= 0.3 is 6.09 Å². The second-order valence-corrected chi connectivity index (χ2v) is 6.98. The molecular weight excluding hydrogens is 374 g/mol. The molecule has 2 aliphatic heterocycles. The van der Waals surface area contributed by atoms with E-state index in [0.717, 1.165) is 18.5 Å². The zero-order chi connectivity index (χ0) is 20.1. The number of anilines is 1. The lowest BCUT2D eigenvalue weighted by Gasteiger charge is -2.22. The van der Waals surface area contributed by atoms with Crippen molar-refractivity contribution in [3.05, 3.63) is 54.2 Å². The third-order valence-corrected chi connectivity index (χ3v) is 4.89. The van der Waals surface area contributed by atoms with Crippen LogP contribution in [0.3, 0.4) is 0 Å². The molecule has 1 N–H and O–H groups in total. The van der Waals surface area contributed by atoms with Crippen molar-refractivity contribution in [2.75, 3.05) is 31.2 Å². The Bertz CT molecular complexity index is 837. The normalized spacial score (nSPS) is 19.7. The van der Waals surface area contributed by atoms with E-state index in [2.05, 4.69) is 10.3 Å². The number of nitrogens with zero attached hydrogens (tertiary/aromatic N) is 2. The van der Waals surface area contributed by atoms with Crippen molar-refractivity contribution >= 4 is 17.7 Å². The van der Waals surface area contributed by atoms with Gasteiger partial charge in [-0.25, -0.2) is 9.78 Å². The number of hydrogen-bond acceptors (Lipinski definition) is 6. The summed E-state index contributed by atoms with van der Waals surface area (Å²) in [5, 5.41) is 2.79. The largest absolute Gasteiger partial charge is 0.474 e. The van der Waals surface area contributed by atoms with Gasteiger partial charge in [0.15, 0.2) is 0 Å². The molecule has 152 valence electrons. The van der Waals surface area contributed by atoms with Gasteiger partial charge in [-0.1, -0.05) is 18.2 Å². The van der Waals surface area contributed by atoms with Crippen molar-refractivity contribution < 1.29 is 23.8 Å². The fraction of sp³-hybridized carbons (Fsp3) is 0.381. The van der Waals surface area contributed by atoms with Crippen LogP contribution in [-0.4, -0.2) is 55.5 Å². The molecule has 1 aromatic carbocycles. The number of hydrogen-bond donors (Lipinski definition) is 1. The van der Waals surface area contributed by atoms with Gasteiger partial charge in [0.05, 0.1) is 31.9 Å². The molecule has 0 radical (unpaired) electrons. The van der Waals surface area contributed by atoms with Crippen LogP contribution in [0, 0.1) is 0 Å². The number of carbonyl (C=O) groups is 2. The average molecular weight is 397 g/mol. The molecule has 2 saturated heterocycles. The molecule has 2 aromatic rings. The maximum Gasteiger partial charge on any atom is 0.414 e. The lowest BCUT2D eigenvalue weighted by atomic mass is 10.1. The van der Waals surface area contributed by atoms with Gasteiger partial charge in [0.1, 0.15) is 12.2 Å². The number of benzene rings is 1. The van der Waals surface area contributed by atoms with E-state index in [4.69, 9.17) is 14.2 Å². The van der Waals surface area contributed by atoms with E-state index in [1.807, 2.05) is 30.3 Å². The second-order valence-electron chi connectivity index (χ2n) is 6.98. The van der Waals surface area contributed by atoms with E-state index in [0.29, 0.717) is 31.2 Å².